The fourth-order valence-electron chi connectivity index (χ4n) is 5.05. The Morgan fingerprint density at radius 2 is 1.79 bits per heavy atom. The molecule has 2 atom stereocenters. The number of piperazine rings is 1. The van der Waals surface area contributed by atoms with E-state index in [-0.39, 0.29) is 0 Å². The monoisotopic (exact) mass is 436 g/mol. The van der Waals surface area contributed by atoms with E-state index in [0.717, 1.165) is 48.0 Å². The number of nitrogens with one attached hydrogen (secondary N) is 1. The molecule has 4 aromatic rings. The highest BCUT2D eigenvalue weighted by Crippen LogP contribution is 2.35. The largest absolute Gasteiger partial charge is 0.368 e. The normalized spacial score (nSPS) is 19.2. The van der Waals surface area contributed by atoms with Crippen molar-refractivity contribution in [1.82, 2.24) is 30.1 Å². The average molecular weight is 437 g/mol. The summed E-state index contributed by atoms with van der Waals surface area (Å²) in [6, 6.07) is 17.3. The molecular weight excluding hydrogens is 412 g/mol. The van der Waals surface area contributed by atoms with Gasteiger partial charge in [0.05, 0.1) is 18.0 Å². The van der Waals surface area contributed by atoms with E-state index < -0.39 is 0 Å². The topological polar surface area (TPSA) is 68.2 Å². The third kappa shape index (κ3) is 3.38. The first kappa shape index (κ1) is 19.7. The summed E-state index contributed by atoms with van der Waals surface area (Å²) in [5.41, 5.74) is 7.20. The molecule has 2 aliphatic heterocycles. The van der Waals surface area contributed by atoms with E-state index in [0.29, 0.717) is 17.8 Å². The second-order valence-corrected chi connectivity index (χ2v) is 9.00. The van der Waals surface area contributed by atoms with E-state index >= 15 is 0 Å². The van der Waals surface area contributed by atoms with Gasteiger partial charge < -0.3 is 14.8 Å². The molecule has 0 saturated carbocycles. The fourth-order valence-corrected chi connectivity index (χ4v) is 5.05. The predicted molar refractivity (Wildman–Crippen MR) is 128 cm³/mol. The molecule has 0 amide bonds. The van der Waals surface area contributed by atoms with E-state index in [1.807, 2.05) is 28.9 Å². The van der Waals surface area contributed by atoms with E-state index in [9.17, 15) is 0 Å². The van der Waals surface area contributed by atoms with Crippen LogP contribution >= 0.6 is 0 Å². The van der Waals surface area contributed by atoms with Gasteiger partial charge in [-0.2, -0.15) is 4.68 Å². The lowest BCUT2D eigenvalue weighted by atomic mass is 10.1. The zero-order valence-electron chi connectivity index (χ0n) is 18.6. The Hall–Kier alpha value is -3.96. The van der Waals surface area contributed by atoms with Crippen LogP contribution in [0.25, 0.3) is 33.2 Å². The Kier molecular flexibility index (Phi) is 4.52. The number of fused-ring (bicyclic) bond motifs is 5. The average Bonchev–Trinajstić information content (AvgIpc) is 3.43. The van der Waals surface area contributed by atoms with Crippen molar-refractivity contribution in [1.29, 1.82) is 0 Å². The SMILES string of the molecule is [C-]#[N+]c1ccc(-c2cc3n(c2)Cc2cc(N4C[C@@H](C)N[C@@H](C)C4)ccc2-n2nnnc2-3)cc1. The van der Waals surface area contributed by atoms with Crippen LogP contribution in [0.15, 0.2) is 54.7 Å². The lowest BCUT2D eigenvalue weighted by molar-refractivity contribution is 0.407. The number of hydrogen-bond acceptors (Lipinski definition) is 5. The Balaban J connectivity index is 1.42. The van der Waals surface area contributed by atoms with Crippen molar-refractivity contribution in [2.75, 3.05) is 18.0 Å². The maximum atomic E-state index is 7.18. The highest BCUT2D eigenvalue weighted by atomic mass is 15.5. The minimum atomic E-state index is 0.450. The maximum Gasteiger partial charge on any atom is 0.203 e. The summed E-state index contributed by atoms with van der Waals surface area (Å²) in [6.45, 7) is 14.3. The van der Waals surface area contributed by atoms with Crippen LogP contribution in [-0.4, -0.2) is 49.9 Å². The van der Waals surface area contributed by atoms with Gasteiger partial charge in [-0.1, -0.05) is 24.3 Å². The molecule has 6 rings (SSSR count). The van der Waals surface area contributed by atoms with Gasteiger partial charge in [0, 0.05) is 49.2 Å². The van der Waals surface area contributed by atoms with Crippen LogP contribution in [0.4, 0.5) is 11.4 Å². The van der Waals surface area contributed by atoms with Crippen molar-refractivity contribution in [2.45, 2.75) is 32.5 Å². The van der Waals surface area contributed by atoms with Gasteiger partial charge in [-0.15, -0.1) is 5.10 Å². The van der Waals surface area contributed by atoms with Crippen molar-refractivity contribution in [2.24, 2.45) is 0 Å². The molecule has 0 spiro atoms. The van der Waals surface area contributed by atoms with Gasteiger partial charge >= 0.3 is 0 Å². The van der Waals surface area contributed by atoms with Crippen molar-refractivity contribution >= 4 is 11.4 Å². The van der Waals surface area contributed by atoms with E-state index in [4.69, 9.17) is 6.57 Å². The van der Waals surface area contributed by atoms with E-state index in [1.165, 1.54) is 11.3 Å². The number of aromatic nitrogens is 5. The summed E-state index contributed by atoms with van der Waals surface area (Å²) < 4.78 is 4.06. The number of rotatable bonds is 2. The summed E-state index contributed by atoms with van der Waals surface area (Å²) in [7, 11) is 0. The van der Waals surface area contributed by atoms with Crippen molar-refractivity contribution in [3.05, 3.63) is 71.7 Å². The molecule has 0 unspecified atom stereocenters. The molecule has 8 heteroatoms. The molecule has 2 aromatic carbocycles. The second kappa shape index (κ2) is 7.57. The van der Waals surface area contributed by atoms with E-state index in [1.54, 1.807) is 0 Å². The van der Waals surface area contributed by atoms with Crippen LogP contribution in [-0.2, 0) is 6.54 Å². The van der Waals surface area contributed by atoms with Gasteiger partial charge in [-0.25, -0.2) is 4.85 Å². The maximum absolute atomic E-state index is 7.18. The Morgan fingerprint density at radius 3 is 2.55 bits per heavy atom. The standard InChI is InChI=1S/C25H24N8/c1-16-12-31(13-17(2)27-16)22-8-9-23-20(10-22)15-32-14-19(18-4-6-21(26-3)7-5-18)11-24(32)25-28-29-30-33(23)25/h4-11,14,16-17,27H,12-13,15H2,1-2H3/t16-,17+. The van der Waals surface area contributed by atoms with Crippen LogP contribution in [0, 0.1) is 6.57 Å². The van der Waals surface area contributed by atoms with Gasteiger partial charge in [-0.05, 0) is 59.7 Å². The fraction of sp³-hybridized carbons (Fsp3) is 0.280. The lowest BCUT2D eigenvalue weighted by Gasteiger charge is -2.38. The lowest BCUT2D eigenvalue weighted by Crippen LogP contribution is -2.54. The quantitative estimate of drug-likeness (QED) is 0.425. The van der Waals surface area contributed by atoms with Crippen molar-refractivity contribution < 1.29 is 0 Å². The third-order valence-electron chi connectivity index (χ3n) is 6.48. The van der Waals surface area contributed by atoms with Gasteiger partial charge in [0.25, 0.3) is 0 Å². The summed E-state index contributed by atoms with van der Waals surface area (Å²) in [5.74, 6) is 0.731. The first-order valence-corrected chi connectivity index (χ1v) is 11.2. The van der Waals surface area contributed by atoms with Crippen LogP contribution in [0.2, 0.25) is 0 Å². The number of benzene rings is 2. The molecule has 2 aliphatic rings. The van der Waals surface area contributed by atoms with Crippen molar-refractivity contribution in [3.8, 4) is 28.3 Å². The zero-order valence-corrected chi connectivity index (χ0v) is 18.6. The molecule has 1 saturated heterocycles. The highest BCUT2D eigenvalue weighted by Gasteiger charge is 2.26. The molecule has 4 heterocycles. The zero-order chi connectivity index (χ0) is 22.5. The van der Waals surface area contributed by atoms with Gasteiger partial charge in [0.1, 0.15) is 0 Å². The third-order valence-corrected chi connectivity index (χ3v) is 6.48. The summed E-state index contributed by atoms with van der Waals surface area (Å²) in [6.07, 6.45) is 2.15. The Bertz CT molecular complexity index is 1360. The molecule has 8 nitrogen and oxygen atoms in total. The molecular formula is C25H24N8. The summed E-state index contributed by atoms with van der Waals surface area (Å²) in [5, 5.41) is 16.2. The molecule has 1 N–H and O–H groups in total. The van der Waals surface area contributed by atoms with Gasteiger partial charge in [0.2, 0.25) is 5.82 Å². The molecule has 1 fully saturated rings. The predicted octanol–water partition coefficient (Wildman–Crippen LogP) is 3.90. The molecule has 0 bridgehead atoms. The number of tetrazole rings is 1. The van der Waals surface area contributed by atoms with Crippen LogP contribution in [0.3, 0.4) is 0 Å². The summed E-state index contributed by atoms with van der Waals surface area (Å²) >= 11 is 0. The van der Waals surface area contributed by atoms with Crippen molar-refractivity contribution in [3.63, 3.8) is 0 Å². The Morgan fingerprint density at radius 1 is 1.00 bits per heavy atom. The number of nitrogens with zero attached hydrogens (tertiary/aromatic N) is 7. The molecule has 2 aromatic heterocycles. The summed E-state index contributed by atoms with van der Waals surface area (Å²) in [4.78, 5) is 5.95. The highest BCUT2D eigenvalue weighted by molar-refractivity contribution is 5.73. The molecule has 164 valence electrons. The number of anilines is 1. The smallest absolute Gasteiger partial charge is 0.203 e. The van der Waals surface area contributed by atoms with Gasteiger partial charge in [0.15, 0.2) is 5.69 Å². The first-order valence-electron chi connectivity index (χ1n) is 11.2. The van der Waals surface area contributed by atoms with E-state index in [2.05, 4.69) is 79.5 Å². The Labute approximate surface area is 192 Å². The minimum absolute atomic E-state index is 0.450. The van der Waals surface area contributed by atoms with Crippen LogP contribution < -0.4 is 10.2 Å². The molecule has 33 heavy (non-hydrogen) atoms. The van der Waals surface area contributed by atoms with Crippen LogP contribution in [0.5, 0.6) is 0 Å². The first-order chi connectivity index (χ1) is 16.1. The minimum Gasteiger partial charge on any atom is -0.368 e. The molecule has 0 radical (unpaired) electrons. The van der Waals surface area contributed by atoms with Gasteiger partial charge in [-0.3, -0.25) is 0 Å². The second-order valence-electron chi connectivity index (χ2n) is 9.00. The molecule has 0 aliphatic carbocycles. The number of hydrogen-bond donors (Lipinski definition) is 1. The van der Waals surface area contributed by atoms with Crippen LogP contribution in [0.1, 0.15) is 19.4 Å².